The average molecular weight is 283 g/mol. The van der Waals surface area contributed by atoms with E-state index >= 15 is 0 Å². The number of rotatable bonds is 4. The van der Waals surface area contributed by atoms with Gasteiger partial charge in [0.15, 0.2) is 0 Å². The Labute approximate surface area is 123 Å². The molecule has 0 saturated carbocycles. The van der Waals surface area contributed by atoms with Gasteiger partial charge in [0.05, 0.1) is 12.1 Å². The van der Waals surface area contributed by atoms with Crippen LogP contribution in [0, 0.1) is 11.8 Å². The minimum absolute atomic E-state index is 0.173. The predicted octanol–water partition coefficient (Wildman–Crippen LogP) is 0.0978. The standard InChI is InChI=1S/C15H17N5O/c1-20-8-7-18-14(20)4-6-19-15(21)13-9-12(3-2-5-16)10-17-11-13/h7-11H,4-6,16H2,1H3,(H,19,21). The van der Waals surface area contributed by atoms with E-state index in [9.17, 15) is 4.79 Å². The largest absolute Gasteiger partial charge is 0.352 e. The minimum Gasteiger partial charge on any atom is -0.352 e. The van der Waals surface area contributed by atoms with Gasteiger partial charge in [-0.2, -0.15) is 0 Å². The lowest BCUT2D eigenvalue weighted by atomic mass is 10.2. The zero-order valence-electron chi connectivity index (χ0n) is 11.8. The lowest BCUT2D eigenvalue weighted by molar-refractivity contribution is 0.0953. The molecule has 1 amide bonds. The number of imidazole rings is 1. The van der Waals surface area contributed by atoms with Gasteiger partial charge in [-0.25, -0.2) is 4.98 Å². The van der Waals surface area contributed by atoms with E-state index in [1.165, 1.54) is 6.20 Å². The first-order valence-corrected chi connectivity index (χ1v) is 6.59. The summed E-state index contributed by atoms with van der Waals surface area (Å²) < 4.78 is 1.93. The monoisotopic (exact) mass is 283 g/mol. The molecule has 3 N–H and O–H groups in total. The van der Waals surface area contributed by atoms with Crippen LogP contribution >= 0.6 is 0 Å². The number of hydrogen-bond acceptors (Lipinski definition) is 4. The second-order valence-corrected chi connectivity index (χ2v) is 4.43. The first kappa shape index (κ1) is 14.8. The molecule has 0 aliphatic rings. The van der Waals surface area contributed by atoms with Crippen LogP contribution < -0.4 is 11.1 Å². The van der Waals surface area contributed by atoms with Crippen molar-refractivity contribution in [3.05, 3.63) is 47.8 Å². The summed E-state index contributed by atoms with van der Waals surface area (Å²) in [6.07, 6.45) is 7.41. The van der Waals surface area contributed by atoms with Gasteiger partial charge in [-0.3, -0.25) is 9.78 Å². The third-order valence-corrected chi connectivity index (χ3v) is 2.89. The second-order valence-electron chi connectivity index (χ2n) is 4.43. The molecular weight excluding hydrogens is 266 g/mol. The van der Waals surface area contributed by atoms with E-state index in [-0.39, 0.29) is 12.5 Å². The van der Waals surface area contributed by atoms with Gasteiger partial charge in [-0.05, 0) is 6.07 Å². The fraction of sp³-hybridized carbons (Fsp3) is 0.267. The van der Waals surface area contributed by atoms with Crippen LogP contribution in [0.25, 0.3) is 0 Å². The Morgan fingerprint density at radius 3 is 3.05 bits per heavy atom. The number of carbonyl (C=O) groups excluding carboxylic acids is 1. The van der Waals surface area contributed by atoms with Crippen molar-refractivity contribution in [1.82, 2.24) is 19.9 Å². The highest BCUT2D eigenvalue weighted by Crippen LogP contribution is 2.02. The quantitative estimate of drug-likeness (QED) is 0.779. The van der Waals surface area contributed by atoms with E-state index in [0.717, 1.165) is 5.82 Å². The lowest BCUT2D eigenvalue weighted by Crippen LogP contribution is -2.26. The Kier molecular flexibility index (Phi) is 5.07. The number of carbonyl (C=O) groups is 1. The summed E-state index contributed by atoms with van der Waals surface area (Å²) in [5.41, 5.74) is 6.48. The van der Waals surface area contributed by atoms with Gasteiger partial charge in [0.2, 0.25) is 0 Å². The number of nitrogens with two attached hydrogens (primary N) is 1. The maximum Gasteiger partial charge on any atom is 0.252 e. The molecule has 0 spiro atoms. The molecule has 6 heteroatoms. The van der Waals surface area contributed by atoms with Gasteiger partial charge in [-0.15, -0.1) is 0 Å². The average Bonchev–Trinajstić information content (AvgIpc) is 2.91. The number of pyridine rings is 1. The summed E-state index contributed by atoms with van der Waals surface area (Å²) in [5, 5.41) is 2.84. The van der Waals surface area contributed by atoms with Gasteiger partial charge in [0.1, 0.15) is 5.82 Å². The SMILES string of the molecule is Cn1ccnc1CCNC(=O)c1cncc(C#CCN)c1. The number of hydrogen-bond donors (Lipinski definition) is 2. The third kappa shape index (κ3) is 4.16. The highest BCUT2D eigenvalue weighted by Gasteiger charge is 2.07. The van der Waals surface area contributed by atoms with Crippen LogP contribution in [0.5, 0.6) is 0 Å². The zero-order chi connectivity index (χ0) is 15.1. The highest BCUT2D eigenvalue weighted by molar-refractivity contribution is 5.94. The highest BCUT2D eigenvalue weighted by atomic mass is 16.1. The summed E-state index contributed by atoms with van der Waals surface area (Å²) in [7, 11) is 1.92. The molecule has 2 rings (SSSR count). The van der Waals surface area contributed by atoms with Gasteiger partial charge in [0.25, 0.3) is 5.91 Å². The molecule has 0 unspecified atom stereocenters. The van der Waals surface area contributed by atoms with Crippen molar-refractivity contribution < 1.29 is 4.79 Å². The molecule has 0 radical (unpaired) electrons. The first-order chi connectivity index (χ1) is 10.2. The fourth-order valence-electron chi connectivity index (χ4n) is 1.81. The van der Waals surface area contributed by atoms with Gasteiger partial charge < -0.3 is 15.6 Å². The maximum absolute atomic E-state index is 12.0. The Hall–Kier alpha value is -2.65. The van der Waals surface area contributed by atoms with E-state index in [2.05, 4.69) is 27.1 Å². The van der Waals surface area contributed by atoms with Crippen LogP contribution in [0.1, 0.15) is 21.7 Å². The van der Waals surface area contributed by atoms with Crippen molar-refractivity contribution in [3.8, 4) is 11.8 Å². The second kappa shape index (κ2) is 7.22. The molecule has 6 nitrogen and oxygen atoms in total. The number of nitrogens with one attached hydrogen (secondary N) is 1. The van der Waals surface area contributed by atoms with Crippen LogP contribution in [-0.4, -0.2) is 33.5 Å². The molecule has 0 aromatic carbocycles. The van der Waals surface area contributed by atoms with E-state index in [4.69, 9.17) is 5.73 Å². The summed E-state index contributed by atoms with van der Waals surface area (Å²) in [4.78, 5) is 20.2. The summed E-state index contributed by atoms with van der Waals surface area (Å²) >= 11 is 0. The molecule has 0 fully saturated rings. The lowest BCUT2D eigenvalue weighted by Gasteiger charge is -2.05. The number of amides is 1. The summed E-state index contributed by atoms with van der Waals surface area (Å²) in [6.45, 7) is 0.794. The molecule has 2 heterocycles. The Bertz CT molecular complexity index is 681. The normalized spacial score (nSPS) is 9.81. The molecule has 2 aromatic rings. The van der Waals surface area contributed by atoms with E-state index in [1.807, 2.05) is 17.8 Å². The van der Waals surface area contributed by atoms with Crippen molar-refractivity contribution in [1.29, 1.82) is 0 Å². The van der Waals surface area contributed by atoms with Crippen molar-refractivity contribution in [2.24, 2.45) is 12.8 Å². The molecule has 108 valence electrons. The number of aromatic nitrogens is 3. The predicted molar refractivity (Wildman–Crippen MR) is 79.4 cm³/mol. The van der Waals surface area contributed by atoms with Gasteiger partial charge >= 0.3 is 0 Å². The Balaban J connectivity index is 1.92. The van der Waals surface area contributed by atoms with Crippen molar-refractivity contribution in [2.45, 2.75) is 6.42 Å². The van der Waals surface area contributed by atoms with E-state index in [1.54, 1.807) is 18.5 Å². The number of aryl methyl sites for hydroxylation is 1. The molecule has 2 aromatic heterocycles. The number of nitrogens with zero attached hydrogens (tertiary/aromatic N) is 3. The Morgan fingerprint density at radius 2 is 2.33 bits per heavy atom. The molecule has 0 atom stereocenters. The van der Waals surface area contributed by atoms with Gasteiger partial charge in [-0.1, -0.05) is 11.8 Å². The molecular formula is C15H17N5O. The maximum atomic E-state index is 12.0. The molecule has 21 heavy (non-hydrogen) atoms. The smallest absolute Gasteiger partial charge is 0.252 e. The van der Waals surface area contributed by atoms with Crippen molar-refractivity contribution in [2.75, 3.05) is 13.1 Å². The summed E-state index contributed by atoms with van der Waals surface area (Å²) in [5.74, 6) is 6.34. The zero-order valence-corrected chi connectivity index (χ0v) is 11.8. The van der Waals surface area contributed by atoms with E-state index < -0.39 is 0 Å². The Morgan fingerprint density at radius 1 is 1.48 bits per heavy atom. The van der Waals surface area contributed by atoms with Crippen LogP contribution in [-0.2, 0) is 13.5 Å². The topological polar surface area (TPSA) is 85.8 Å². The molecule has 0 aliphatic carbocycles. The summed E-state index contributed by atoms with van der Waals surface area (Å²) in [6, 6.07) is 1.70. The molecule has 0 saturated heterocycles. The molecule has 0 bridgehead atoms. The first-order valence-electron chi connectivity index (χ1n) is 6.59. The van der Waals surface area contributed by atoms with Crippen LogP contribution in [0.2, 0.25) is 0 Å². The molecule has 0 aliphatic heterocycles. The van der Waals surface area contributed by atoms with Crippen LogP contribution in [0.3, 0.4) is 0 Å². The van der Waals surface area contributed by atoms with Crippen molar-refractivity contribution in [3.63, 3.8) is 0 Å². The third-order valence-electron chi connectivity index (χ3n) is 2.89. The van der Waals surface area contributed by atoms with Crippen molar-refractivity contribution >= 4 is 5.91 Å². The van der Waals surface area contributed by atoms with E-state index in [0.29, 0.717) is 24.1 Å². The van der Waals surface area contributed by atoms with Crippen LogP contribution in [0.15, 0.2) is 30.9 Å². The fourth-order valence-corrected chi connectivity index (χ4v) is 1.81. The van der Waals surface area contributed by atoms with Crippen LogP contribution in [0.4, 0.5) is 0 Å². The van der Waals surface area contributed by atoms with Gasteiger partial charge in [0, 0.05) is 50.4 Å². The minimum atomic E-state index is -0.173.